The molecule has 23 heavy (non-hydrogen) atoms. The van der Waals surface area contributed by atoms with Crippen molar-refractivity contribution in [3.63, 3.8) is 0 Å². The molecule has 0 unspecified atom stereocenters. The molecule has 5 nitrogen and oxygen atoms in total. The summed E-state index contributed by atoms with van der Waals surface area (Å²) in [6, 6.07) is 0. The monoisotopic (exact) mass is 361 g/mol. The Balaban J connectivity index is 3.14. The maximum Gasteiger partial charge on any atom is 0.321 e. The van der Waals surface area contributed by atoms with Crippen molar-refractivity contribution in [2.75, 3.05) is 6.54 Å². The smallest absolute Gasteiger partial charge is 0.321 e. The highest BCUT2D eigenvalue weighted by Crippen LogP contribution is 2.26. The van der Waals surface area contributed by atoms with Gasteiger partial charge in [-0.2, -0.15) is 4.72 Å². The highest BCUT2D eigenvalue weighted by Gasteiger charge is 2.34. The molecule has 0 aliphatic heterocycles. The number of esters is 1. The summed E-state index contributed by atoms with van der Waals surface area (Å²) in [6.07, 6.45) is 0. The Morgan fingerprint density at radius 1 is 0.957 bits per heavy atom. The fraction of sp³-hybridized carbons (Fsp3) is 0.417. The van der Waals surface area contributed by atoms with E-state index in [-0.39, 0.29) is 0 Å². The van der Waals surface area contributed by atoms with Crippen LogP contribution in [0.1, 0.15) is 20.8 Å². The highest BCUT2D eigenvalue weighted by atomic mass is 32.2. The topological polar surface area (TPSA) is 72.5 Å². The van der Waals surface area contributed by atoms with E-state index in [1.54, 1.807) is 0 Å². The van der Waals surface area contributed by atoms with Crippen molar-refractivity contribution in [1.82, 2.24) is 4.72 Å². The predicted molar refractivity (Wildman–Crippen MR) is 67.3 cm³/mol. The van der Waals surface area contributed by atoms with Gasteiger partial charge in [0.25, 0.3) is 0 Å². The zero-order valence-electron chi connectivity index (χ0n) is 12.1. The van der Waals surface area contributed by atoms with E-state index >= 15 is 0 Å². The van der Waals surface area contributed by atoms with Gasteiger partial charge in [-0.05, 0) is 20.8 Å². The van der Waals surface area contributed by atoms with Crippen LogP contribution in [0.15, 0.2) is 4.90 Å². The average molecular weight is 361 g/mol. The van der Waals surface area contributed by atoms with Crippen LogP contribution in [0.2, 0.25) is 0 Å². The number of benzene rings is 1. The van der Waals surface area contributed by atoms with Crippen LogP contribution in [-0.2, 0) is 19.6 Å². The largest absolute Gasteiger partial charge is 0.459 e. The number of carbonyl (C=O) groups excluding carboxylic acids is 1. The Morgan fingerprint density at radius 2 is 1.35 bits per heavy atom. The number of ether oxygens (including phenoxy) is 1. The van der Waals surface area contributed by atoms with Crippen LogP contribution in [0, 0.1) is 29.1 Å². The number of sulfonamides is 1. The first-order chi connectivity index (χ1) is 10.3. The molecule has 0 saturated heterocycles. The highest BCUT2D eigenvalue weighted by molar-refractivity contribution is 7.89. The molecular weight excluding hydrogens is 349 g/mol. The van der Waals surface area contributed by atoms with Crippen molar-refractivity contribution in [2.45, 2.75) is 31.3 Å². The quantitative estimate of drug-likeness (QED) is 0.385. The molecule has 0 saturated carbocycles. The summed E-state index contributed by atoms with van der Waals surface area (Å²) >= 11 is 0. The van der Waals surface area contributed by atoms with Gasteiger partial charge in [0.15, 0.2) is 28.2 Å². The first-order valence-corrected chi connectivity index (χ1v) is 7.49. The standard InChI is InChI=1S/C12H12F5NO4S/c1-12(2,3)22-5(19)4-18-23(20,21)11-9(16)7(14)6(13)8(15)10(11)17/h18H,4H2,1-3H3. The first kappa shape index (κ1) is 19.3. The Bertz CT molecular complexity index is 714. The summed E-state index contributed by atoms with van der Waals surface area (Å²) in [4.78, 5) is 9.28. The lowest BCUT2D eigenvalue weighted by Gasteiger charge is -2.19. The third kappa shape index (κ3) is 4.38. The van der Waals surface area contributed by atoms with E-state index in [0.29, 0.717) is 0 Å². The minimum absolute atomic E-state index is 0.965. The Hall–Kier alpha value is -1.75. The van der Waals surface area contributed by atoms with E-state index in [0.717, 1.165) is 0 Å². The summed E-state index contributed by atoms with van der Waals surface area (Å²) in [5.74, 6) is -13.5. The number of carbonyl (C=O) groups is 1. The van der Waals surface area contributed by atoms with E-state index in [1.165, 1.54) is 25.5 Å². The minimum atomic E-state index is -5.18. The Morgan fingerprint density at radius 3 is 1.74 bits per heavy atom. The molecule has 0 atom stereocenters. The summed E-state index contributed by atoms with van der Waals surface area (Å²) in [5, 5.41) is 0. The number of hydrogen-bond donors (Lipinski definition) is 1. The summed E-state index contributed by atoms with van der Waals surface area (Å²) in [6.45, 7) is 3.37. The Kier molecular flexibility index (Phi) is 5.37. The average Bonchev–Trinajstić information content (AvgIpc) is 2.39. The van der Waals surface area contributed by atoms with Crippen LogP contribution < -0.4 is 4.72 Å². The van der Waals surface area contributed by atoms with Crippen molar-refractivity contribution >= 4 is 16.0 Å². The summed E-state index contributed by atoms with van der Waals surface area (Å²) in [7, 11) is -5.18. The lowest BCUT2D eigenvalue weighted by molar-refractivity contribution is -0.153. The van der Waals surface area contributed by atoms with E-state index in [9.17, 15) is 35.2 Å². The van der Waals surface area contributed by atoms with Gasteiger partial charge in [-0.15, -0.1) is 0 Å². The van der Waals surface area contributed by atoms with Crippen LogP contribution in [0.5, 0.6) is 0 Å². The third-order valence-electron chi connectivity index (χ3n) is 2.26. The lowest BCUT2D eigenvalue weighted by atomic mass is 10.2. The predicted octanol–water partition coefficient (Wildman–Crippen LogP) is 2.00. The SMILES string of the molecule is CC(C)(C)OC(=O)CNS(=O)(=O)c1c(F)c(F)c(F)c(F)c1F. The van der Waals surface area contributed by atoms with Gasteiger partial charge in [0.1, 0.15) is 12.1 Å². The molecular formula is C12H12F5NO4S. The molecule has 11 heteroatoms. The molecule has 0 aliphatic rings. The Labute approximate surface area is 128 Å². The molecule has 0 radical (unpaired) electrons. The maximum absolute atomic E-state index is 13.4. The number of nitrogens with one attached hydrogen (secondary N) is 1. The van der Waals surface area contributed by atoms with Gasteiger partial charge in [-0.1, -0.05) is 0 Å². The third-order valence-corrected chi connectivity index (χ3v) is 3.69. The molecule has 0 spiro atoms. The van der Waals surface area contributed by atoms with Gasteiger partial charge in [0.05, 0.1) is 0 Å². The maximum atomic E-state index is 13.4. The molecule has 0 aliphatic carbocycles. The van der Waals surface area contributed by atoms with Gasteiger partial charge in [-0.25, -0.2) is 30.4 Å². The zero-order valence-corrected chi connectivity index (χ0v) is 13.0. The van der Waals surface area contributed by atoms with Crippen LogP contribution >= 0.6 is 0 Å². The molecule has 0 fully saturated rings. The number of hydrogen-bond acceptors (Lipinski definition) is 4. The van der Waals surface area contributed by atoms with Crippen molar-refractivity contribution in [3.05, 3.63) is 29.1 Å². The van der Waals surface area contributed by atoms with Crippen LogP contribution in [0.3, 0.4) is 0 Å². The van der Waals surface area contributed by atoms with Crippen LogP contribution in [-0.4, -0.2) is 26.5 Å². The second-order valence-corrected chi connectivity index (χ2v) is 7.01. The molecule has 0 amide bonds. The van der Waals surface area contributed by atoms with Gasteiger partial charge < -0.3 is 4.74 Å². The molecule has 130 valence electrons. The fourth-order valence-electron chi connectivity index (χ4n) is 1.42. The number of rotatable bonds is 4. The van der Waals surface area contributed by atoms with Gasteiger partial charge in [0, 0.05) is 0 Å². The summed E-state index contributed by atoms with van der Waals surface area (Å²) < 4.78 is 95.3. The molecule has 0 bridgehead atoms. The number of halogens is 5. The second-order valence-electron chi connectivity index (χ2n) is 5.31. The van der Waals surface area contributed by atoms with Crippen LogP contribution in [0.25, 0.3) is 0 Å². The molecule has 0 heterocycles. The van der Waals surface area contributed by atoms with Gasteiger partial charge in [-0.3, -0.25) is 4.79 Å². The van der Waals surface area contributed by atoms with Crippen molar-refractivity contribution in [2.24, 2.45) is 0 Å². The van der Waals surface area contributed by atoms with E-state index in [2.05, 4.69) is 0 Å². The molecule has 1 aromatic carbocycles. The molecule has 1 rings (SSSR count). The van der Waals surface area contributed by atoms with Gasteiger partial charge >= 0.3 is 5.97 Å². The second kappa shape index (κ2) is 6.40. The zero-order chi connectivity index (χ0) is 18.2. The fourth-order valence-corrected chi connectivity index (χ4v) is 2.53. The van der Waals surface area contributed by atoms with E-state index in [1.807, 2.05) is 0 Å². The van der Waals surface area contributed by atoms with Crippen molar-refractivity contribution in [1.29, 1.82) is 0 Å². The lowest BCUT2D eigenvalue weighted by Crippen LogP contribution is -2.35. The van der Waals surface area contributed by atoms with E-state index in [4.69, 9.17) is 4.74 Å². The molecule has 0 aromatic heterocycles. The first-order valence-electron chi connectivity index (χ1n) is 6.01. The van der Waals surface area contributed by atoms with Crippen LogP contribution in [0.4, 0.5) is 22.0 Å². The molecule has 1 N–H and O–H groups in total. The summed E-state index contributed by atoms with van der Waals surface area (Å²) in [5.41, 5.74) is -0.965. The molecule has 1 aromatic rings. The minimum Gasteiger partial charge on any atom is -0.459 e. The van der Waals surface area contributed by atoms with Crippen molar-refractivity contribution in [3.8, 4) is 0 Å². The normalized spacial score (nSPS) is 12.3. The van der Waals surface area contributed by atoms with Crippen molar-refractivity contribution < 1.29 is 39.9 Å². The van der Waals surface area contributed by atoms with E-state index < -0.39 is 62.1 Å². The van der Waals surface area contributed by atoms with Gasteiger partial charge in [0.2, 0.25) is 15.8 Å².